The molecule has 9 heteroatoms. The van der Waals surface area contributed by atoms with E-state index in [4.69, 9.17) is 4.74 Å². The number of rotatable bonds is 5. The van der Waals surface area contributed by atoms with Gasteiger partial charge >= 0.3 is 0 Å². The molecule has 1 aliphatic rings. The van der Waals surface area contributed by atoms with Gasteiger partial charge in [0.05, 0.1) is 29.4 Å². The molecule has 1 aliphatic heterocycles. The molecule has 1 N–H and O–H groups in total. The first-order valence-corrected chi connectivity index (χ1v) is 11.4. The second kappa shape index (κ2) is 9.12. The molecule has 32 heavy (non-hydrogen) atoms. The number of anilines is 1. The molecule has 1 aromatic carbocycles. The Morgan fingerprint density at radius 2 is 2.06 bits per heavy atom. The highest BCUT2D eigenvalue weighted by Gasteiger charge is 2.28. The molecule has 1 fully saturated rings. The van der Waals surface area contributed by atoms with Crippen LogP contribution in [0.4, 0.5) is 5.69 Å². The standard InChI is InChI=1S/C23H26N4O4S/c1-14-8-6-7-11-27(14)23(30)20-15(2)19-21(32-20)24-13-26(22(19)29)12-18(28)25-16-9-4-5-10-17(16)31-3/h4-5,9-10,13-14H,6-8,11-12H2,1-3H3,(H,25,28). The second-order valence-corrected chi connectivity index (χ2v) is 9.00. The van der Waals surface area contributed by atoms with Gasteiger partial charge in [0.1, 0.15) is 17.1 Å². The van der Waals surface area contributed by atoms with Crippen molar-refractivity contribution >= 4 is 39.1 Å². The lowest BCUT2D eigenvalue weighted by molar-refractivity contribution is -0.116. The third-order valence-corrected chi connectivity index (χ3v) is 7.06. The molecule has 168 valence electrons. The summed E-state index contributed by atoms with van der Waals surface area (Å²) >= 11 is 1.24. The van der Waals surface area contributed by atoms with E-state index in [0.717, 1.165) is 25.8 Å². The van der Waals surface area contributed by atoms with Crippen LogP contribution < -0.4 is 15.6 Å². The summed E-state index contributed by atoms with van der Waals surface area (Å²) < 4.78 is 6.51. The zero-order chi connectivity index (χ0) is 22.8. The van der Waals surface area contributed by atoms with Crippen LogP contribution in [-0.4, -0.2) is 46.0 Å². The van der Waals surface area contributed by atoms with E-state index in [0.29, 0.717) is 32.1 Å². The summed E-state index contributed by atoms with van der Waals surface area (Å²) in [5, 5.41) is 3.16. The Kier molecular flexibility index (Phi) is 6.27. The van der Waals surface area contributed by atoms with E-state index >= 15 is 0 Å². The molecule has 1 unspecified atom stereocenters. The Morgan fingerprint density at radius 1 is 1.28 bits per heavy atom. The molecule has 8 nitrogen and oxygen atoms in total. The van der Waals surface area contributed by atoms with Crippen LogP contribution in [0.15, 0.2) is 35.4 Å². The molecule has 0 saturated carbocycles. The zero-order valence-corrected chi connectivity index (χ0v) is 19.2. The smallest absolute Gasteiger partial charge is 0.264 e. The molecular weight excluding hydrogens is 428 g/mol. The lowest BCUT2D eigenvalue weighted by Gasteiger charge is -2.33. The fourth-order valence-corrected chi connectivity index (χ4v) is 5.19. The predicted octanol–water partition coefficient (Wildman–Crippen LogP) is 3.43. The van der Waals surface area contributed by atoms with E-state index in [2.05, 4.69) is 17.2 Å². The van der Waals surface area contributed by atoms with Gasteiger partial charge in [-0.15, -0.1) is 11.3 Å². The minimum absolute atomic E-state index is 0.0439. The van der Waals surface area contributed by atoms with Gasteiger partial charge in [0.2, 0.25) is 5.91 Å². The topological polar surface area (TPSA) is 93.5 Å². The number of carbonyl (C=O) groups is 2. The average molecular weight is 455 g/mol. The normalized spacial score (nSPS) is 16.2. The van der Waals surface area contributed by atoms with E-state index in [1.54, 1.807) is 31.2 Å². The quantitative estimate of drug-likeness (QED) is 0.638. The van der Waals surface area contributed by atoms with Crippen molar-refractivity contribution in [3.8, 4) is 5.75 Å². The minimum Gasteiger partial charge on any atom is -0.495 e. The summed E-state index contributed by atoms with van der Waals surface area (Å²) in [6.45, 7) is 4.38. The number of fused-ring (bicyclic) bond motifs is 1. The van der Waals surface area contributed by atoms with Crippen LogP contribution >= 0.6 is 11.3 Å². The summed E-state index contributed by atoms with van der Waals surface area (Å²) in [5.74, 6) is 0.118. The zero-order valence-electron chi connectivity index (χ0n) is 18.4. The number of benzene rings is 1. The fourth-order valence-electron chi connectivity index (χ4n) is 4.10. The summed E-state index contributed by atoms with van der Waals surface area (Å²) in [5.41, 5.74) is 0.826. The van der Waals surface area contributed by atoms with E-state index in [9.17, 15) is 14.4 Å². The molecule has 1 saturated heterocycles. The number of thiophene rings is 1. The van der Waals surface area contributed by atoms with Crippen LogP contribution in [0.1, 0.15) is 41.4 Å². The molecule has 1 atom stereocenters. The Labute approximate surface area is 189 Å². The third-order valence-electron chi connectivity index (χ3n) is 5.87. The van der Waals surface area contributed by atoms with Crippen LogP contribution in [0.25, 0.3) is 10.2 Å². The van der Waals surface area contributed by atoms with Gasteiger partial charge in [-0.1, -0.05) is 12.1 Å². The highest BCUT2D eigenvalue weighted by molar-refractivity contribution is 7.20. The van der Waals surface area contributed by atoms with Gasteiger partial charge in [-0.05, 0) is 50.8 Å². The van der Waals surface area contributed by atoms with Crippen molar-refractivity contribution in [2.24, 2.45) is 0 Å². The number of hydrogen-bond acceptors (Lipinski definition) is 6. The van der Waals surface area contributed by atoms with Crippen molar-refractivity contribution in [1.82, 2.24) is 14.5 Å². The summed E-state index contributed by atoms with van der Waals surface area (Å²) in [6.07, 6.45) is 4.47. The number of ether oxygens (including phenoxy) is 1. The Balaban J connectivity index is 1.60. The predicted molar refractivity (Wildman–Crippen MR) is 125 cm³/mol. The van der Waals surface area contributed by atoms with Crippen molar-refractivity contribution in [2.45, 2.75) is 45.7 Å². The van der Waals surface area contributed by atoms with Crippen molar-refractivity contribution in [3.05, 3.63) is 51.4 Å². The fraction of sp³-hybridized carbons (Fsp3) is 0.391. The first kappa shape index (κ1) is 22.0. The lowest BCUT2D eigenvalue weighted by atomic mass is 10.0. The van der Waals surface area contributed by atoms with Crippen molar-refractivity contribution in [3.63, 3.8) is 0 Å². The van der Waals surface area contributed by atoms with E-state index in [1.165, 1.54) is 29.3 Å². The SMILES string of the molecule is COc1ccccc1NC(=O)Cn1cnc2sc(C(=O)N3CCCCC3C)c(C)c2c1=O. The number of amides is 2. The van der Waals surface area contributed by atoms with Gasteiger partial charge in [0.15, 0.2) is 0 Å². The molecule has 2 aromatic heterocycles. The number of likely N-dealkylation sites (tertiary alicyclic amines) is 1. The molecule has 3 heterocycles. The van der Waals surface area contributed by atoms with Gasteiger partial charge in [-0.25, -0.2) is 4.98 Å². The van der Waals surface area contributed by atoms with Crippen LogP contribution in [0.3, 0.4) is 0 Å². The number of hydrogen-bond donors (Lipinski definition) is 1. The van der Waals surface area contributed by atoms with Gasteiger partial charge < -0.3 is 15.0 Å². The maximum absolute atomic E-state index is 13.2. The molecule has 0 radical (unpaired) electrons. The first-order chi connectivity index (χ1) is 15.4. The van der Waals surface area contributed by atoms with E-state index < -0.39 is 0 Å². The van der Waals surface area contributed by atoms with Gasteiger partial charge in [0.25, 0.3) is 11.5 Å². The van der Waals surface area contributed by atoms with Crippen LogP contribution in [0.5, 0.6) is 5.75 Å². The van der Waals surface area contributed by atoms with Crippen LogP contribution in [-0.2, 0) is 11.3 Å². The number of para-hydroxylation sites is 2. The molecule has 3 aromatic rings. The summed E-state index contributed by atoms with van der Waals surface area (Å²) in [7, 11) is 1.52. The van der Waals surface area contributed by atoms with Crippen molar-refractivity contribution < 1.29 is 14.3 Å². The second-order valence-electron chi connectivity index (χ2n) is 8.01. The first-order valence-electron chi connectivity index (χ1n) is 10.6. The molecule has 0 spiro atoms. The average Bonchev–Trinajstić information content (AvgIpc) is 3.13. The number of carbonyl (C=O) groups excluding carboxylic acids is 2. The minimum atomic E-state index is -0.371. The van der Waals surface area contributed by atoms with Crippen molar-refractivity contribution in [2.75, 3.05) is 19.0 Å². The lowest BCUT2D eigenvalue weighted by Crippen LogP contribution is -2.41. The number of nitrogens with zero attached hydrogens (tertiary/aromatic N) is 3. The van der Waals surface area contributed by atoms with Gasteiger partial charge in [0, 0.05) is 12.6 Å². The third kappa shape index (κ3) is 4.12. The Hall–Kier alpha value is -3.20. The largest absolute Gasteiger partial charge is 0.495 e. The van der Waals surface area contributed by atoms with Crippen molar-refractivity contribution in [1.29, 1.82) is 0 Å². The number of methoxy groups -OCH3 is 1. The number of piperidine rings is 1. The molecule has 2 amide bonds. The van der Waals surface area contributed by atoms with E-state index in [-0.39, 0.29) is 30.0 Å². The monoisotopic (exact) mass is 454 g/mol. The highest BCUT2D eigenvalue weighted by Crippen LogP contribution is 2.30. The maximum Gasteiger partial charge on any atom is 0.264 e. The summed E-state index contributed by atoms with van der Waals surface area (Å²) in [4.78, 5) is 46.2. The number of nitrogens with one attached hydrogen (secondary N) is 1. The van der Waals surface area contributed by atoms with Crippen LogP contribution in [0, 0.1) is 6.92 Å². The maximum atomic E-state index is 13.2. The van der Waals surface area contributed by atoms with Gasteiger partial charge in [-0.2, -0.15) is 0 Å². The van der Waals surface area contributed by atoms with Crippen LogP contribution in [0.2, 0.25) is 0 Å². The molecule has 0 bridgehead atoms. The molecular formula is C23H26N4O4S. The summed E-state index contributed by atoms with van der Waals surface area (Å²) in [6, 6.07) is 7.24. The highest BCUT2D eigenvalue weighted by atomic mass is 32.1. The molecule has 4 rings (SSSR count). The number of aromatic nitrogens is 2. The van der Waals surface area contributed by atoms with E-state index in [1.807, 2.05) is 4.90 Å². The Bertz CT molecular complexity index is 1230. The van der Waals surface area contributed by atoms with Gasteiger partial charge in [-0.3, -0.25) is 19.0 Å². The molecule has 0 aliphatic carbocycles. The Morgan fingerprint density at radius 3 is 2.81 bits per heavy atom. The number of aryl methyl sites for hydroxylation is 1.